The van der Waals surface area contributed by atoms with E-state index in [1.807, 2.05) is 18.2 Å². The Morgan fingerprint density at radius 1 is 1.27 bits per heavy atom. The lowest BCUT2D eigenvalue weighted by molar-refractivity contribution is 0.103. The summed E-state index contributed by atoms with van der Waals surface area (Å²) in [4.78, 5) is 11.1. The molecule has 0 aliphatic heterocycles. The summed E-state index contributed by atoms with van der Waals surface area (Å²) >= 11 is 0. The molecule has 55 valence electrons. The third kappa shape index (κ3) is 2.04. The molecule has 1 aromatic carbocycles. The van der Waals surface area contributed by atoms with Crippen LogP contribution in [0.15, 0.2) is 43.0 Å². The number of benzene rings is 1. The SMILES string of the molecule is C=C[CH]C(=O)c1ccccc1. The number of Topliss-reactive ketones (excluding diaryl/α,β-unsaturated/α-hetero) is 1. The smallest absolute Gasteiger partial charge is 0.170 e. The average Bonchev–Trinajstić information content (AvgIpc) is 2.07. The van der Waals surface area contributed by atoms with Crippen LogP contribution in [0.1, 0.15) is 10.4 Å². The highest BCUT2D eigenvalue weighted by Gasteiger charge is 2.00. The Labute approximate surface area is 66.4 Å². The van der Waals surface area contributed by atoms with E-state index in [0.717, 1.165) is 0 Å². The van der Waals surface area contributed by atoms with Crippen molar-refractivity contribution in [3.63, 3.8) is 0 Å². The first kappa shape index (κ1) is 7.73. The summed E-state index contributed by atoms with van der Waals surface area (Å²) in [5.41, 5.74) is 0.701. The fourth-order valence-electron chi connectivity index (χ4n) is 0.806. The van der Waals surface area contributed by atoms with Gasteiger partial charge < -0.3 is 0 Å². The third-order valence-electron chi connectivity index (χ3n) is 1.33. The summed E-state index contributed by atoms with van der Waals surface area (Å²) in [5.74, 6) is 0.000556. The van der Waals surface area contributed by atoms with Gasteiger partial charge in [-0.2, -0.15) is 0 Å². The molecule has 1 heteroatoms. The predicted molar refractivity (Wildman–Crippen MR) is 45.3 cm³/mol. The molecule has 0 aromatic heterocycles. The van der Waals surface area contributed by atoms with Gasteiger partial charge in [-0.25, -0.2) is 0 Å². The van der Waals surface area contributed by atoms with Crippen LogP contribution in [0.4, 0.5) is 0 Å². The maximum Gasteiger partial charge on any atom is 0.170 e. The van der Waals surface area contributed by atoms with Crippen molar-refractivity contribution < 1.29 is 4.79 Å². The van der Waals surface area contributed by atoms with Crippen LogP contribution in [0.5, 0.6) is 0 Å². The monoisotopic (exact) mass is 145 g/mol. The lowest BCUT2D eigenvalue weighted by Gasteiger charge is -1.94. The van der Waals surface area contributed by atoms with E-state index in [0.29, 0.717) is 5.56 Å². The molecule has 0 aliphatic rings. The molecule has 0 spiro atoms. The van der Waals surface area contributed by atoms with Gasteiger partial charge in [-0.05, 0) is 0 Å². The fraction of sp³-hybridized carbons (Fsp3) is 0. The van der Waals surface area contributed by atoms with Gasteiger partial charge in [0.25, 0.3) is 0 Å². The van der Waals surface area contributed by atoms with E-state index in [-0.39, 0.29) is 5.78 Å². The number of rotatable bonds is 3. The van der Waals surface area contributed by atoms with Gasteiger partial charge in [-0.3, -0.25) is 4.79 Å². The summed E-state index contributed by atoms with van der Waals surface area (Å²) in [5, 5.41) is 0. The van der Waals surface area contributed by atoms with Gasteiger partial charge in [0.2, 0.25) is 0 Å². The Balaban J connectivity index is 2.77. The molecule has 0 amide bonds. The minimum absolute atomic E-state index is 0.000556. The van der Waals surface area contributed by atoms with Crippen LogP contribution in [-0.4, -0.2) is 5.78 Å². The van der Waals surface area contributed by atoms with Gasteiger partial charge >= 0.3 is 0 Å². The maximum atomic E-state index is 11.1. The van der Waals surface area contributed by atoms with Crippen molar-refractivity contribution in [2.45, 2.75) is 0 Å². The zero-order valence-corrected chi connectivity index (χ0v) is 6.16. The van der Waals surface area contributed by atoms with Gasteiger partial charge in [-0.1, -0.05) is 36.4 Å². The van der Waals surface area contributed by atoms with Crippen molar-refractivity contribution >= 4 is 5.78 Å². The van der Waals surface area contributed by atoms with Crippen molar-refractivity contribution in [1.82, 2.24) is 0 Å². The largest absolute Gasteiger partial charge is 0.293 e. The van der Waals surface area contributed by atoms with Crippen molar-refractivity contribution in [3.8, 4) is 0 Å². The second-order valence-electron chi connectivity index (χ2n) is 2.13. The topological polar surface area (TPSA) is 17.1 Å². The molecular formula is C10H9O. The van der Waals surface area contributed by atoms with Gasteiger partial charge in [-0.15, -0.1) is 6.58 Å². The standard InChI is InChI=1S/C10H9O/c1-2-6-10(11)9-7-4-3-5-8-9/h2-8H,1H2. The van der Waals surface area contributed by atoms with E-state index in [1.165, 1.54) is 12.5 Å². The van der Waals surface area contributed by atoms with E-state index in [4.69, 9.17) is 0 Å². The summed E-state index contributed by atoms with van der Waals surface area (Å²) in [6, 6.07) is 9.11. The number of carbonyl (C=O) groups is 1. The molecule has 11 heavy (non-hydrogen) atoms. The molecule has 0 aliphatic carbocycles. The molecule has 0 heterocycles. The van der Waals surface area contributed by atoms with E-state index in [1.54, 1.807) is 12.1 Å². The normalized spacial score (nSPS) is 9.09. The zero-order chi connectivity index (χ0) is 8.10. The Bertz CT molecular complexity index is 249. The molecule has 0 saturated heterocycles. The third-order valence-corrected chi connectivity index (χ3v) is 1.33. The lowest BCUT2D eigenvalue weighted by atomic mass is 10.1. The summed E-state index contributed by atoms with van der Waals surface area (Å²) in [7, 11) is 0. The summed E-state index contributed by atoms with van der Waals surface area (Å²) in [6.45, 7) is 3.45. The van der Waals surface area contributed by atoms with Crippen molar-refractivity contribution in [2.24, 2.45) is 0 Å². The Hall–Kier alpha value is -1.37. The van der Waals surface area contributed by atoms with E-state index in [2.05, 4.69) is 6.58 Å². The summed E-state index contributed by atoms with van der Waals surface area (Å²) < 4.78 is 0. The number of ketones is 1. The van der Waals surface area contributed by atoms with Crippen LogP contribution >= 0.6 is 0 Å². The number of hydrogen-bond donors (Lipinski definition) is 0. The second kappa shape index (κ2) is 3.71. The first-order chi connectivity index (χ1) is 5.34. The molecule has 1 rings (SSSR count). The second-order valence-corrected chi connectivity index (χ2v) is 2.13. The van der Waals surface area contributed by atoms with Crippen LogP contribution in [0.25, 0.3) is 0 Å². The van der Waals surface area contributed by atoms with Gasteiger partial charge in [0.05, 0.1) is 6.42 Å². The molecule has 1 nitrogen and oxygen atoms in total. The van der Waals surface area contributed by atoms with Crippen molar-refractivity contribution in [1.29, 1.82) is 0 Å². The number of carbonyl (C=O) groups excluding carboxylic acids is 1. The first-order valence-corrected chi connectivity index (χ1v) is 3.40. The Kier molecular flexibility index (Phi) is 2.61. The predicted octanol–water partition coefficient (Wildman–Crippen LogP) is 2.26. The average molecular weight is 145 g/mol. The molecular weight excluding hydrogens is 136 g/mol. The first-order valence-electron chi connectivity index (χ1n) is 3.40. The number of allylic oxidation sites excluding steroid dienone is 1. The van der Waals surface area contributed by atoms with Crippen LogP contribution in [-0.2, 0) is 0 Å². The van der Waals surface area contributed by atoms with E-state index < -0.39 is 0 Å². The van der Waals surface area contributed by atoms with E-state index in [9.17, 15) is 4.79 Å². The highest BCUT2D eigenvalue weighted by Crippen LogP contribution is 2.01. The quantitative estimate of drug-likeness (QED) is 0.596. The molecule has 0 atom stereocenters. The van der Waals surface area contributed by atoms with E-state index >= 15 is 0 Å². The fourth-order valence-corrected chi connectivity index (χ4v) is 0.806. The summed E-state index contributed by atoms with van der Waals surface area (Å²) in [6.07, 6.45) is 2.95. The van der Waals surface area contributed by atoms with Crippen LogP contribution in [0, 0.1) is 6.42 Å². The molecule has 0 bridgehead atoms. The van der Waals surface area contributed by atoms with Gasteiger partial charge in [0.15, 0.2) is 5.78 Å². The van der Waals surface area contributed by atoms with Gasteiger partial charge in [0, 0.05) is 5.56 Å². The molecule has 0 saturated carbocycles. The highest BCUT2D eigenvalue weighted by molar-refractivity contribution is 6.03. The minimum atomic E-state index is 0.000556. The number of hydrogen-bond acceptors (Lipinski definition) is 1. The van der Waals surface area contributed by atoms with Crippen molar-refractivity contribution in [2.75, 3.05) is 0 Å². The van der Waals surface area contributed by atoms with Crippen LogP contribution in [0.3, 0.4) is 0 Å². The molecule has 0 fully saturated rings. The molecule has 0 unspecified atom stereocenters. The van der Waals surface area contributed by atoms with Crippen LogP contribution in [0.2, 0.25) is 0 Å². The zero-order valence-electron chi connectivity index (χ0n) is 6.16. The Morgan fingerprint density at radius 3 is 2.45 bits per heavy atom. The highest BCUT2D eigenvalue weighted by atomic mass is 16.1. The van der Waals surface area contributed by atoms with Crippen LogP contribution < -0.4 is 0 Å². The molecule has 1 aromatic rings. The molecule has 1 radical (unpaired) electrons. The lowest BCUT2D eigenvalue weighted by Crippen LogP contribution is -1.96. The molecule has 0 N–H and O–H groups in total. The Morgan fingerprint density at radius 2 is 1.91 bits per heavy atom. The minimum Gasteiger partial charge on any atom is -0.293 e. The van der Waals surface area contributed by atoms with Gasteiger partial charge in [0.1, 0.15) is 0 Å². The maximum absolute atomic E-state index is 11.1. The van der Waals surface area contributed by atoms with Crippen molar-refractivity contribution in [3.05, 3.63) is 55.0 Å².